The molecule has 1 N–H and O–H groups in total. The van der Waals surface area contributed by atoms with Gasteiger partial charge >= 0.3 is 0 Å². The van der Waals surface area contributed by atoms with Crippen LogP contribution in [0, 0.1) is 5.92 Å². The molecule has 1 aromatic rings. The molecule has 0 bridgehead atoms. The molecule has 1 aliphatic rings. The van der Waals surface area contributed by atoms with Crippen LogP contribution >= 0.6 is 0 Å². The monoisotopic (exact) mass is 186 g/mol. The van der Waals surface area contributed by atoms with Crippen molar-refractivity contribution in [2.24, 2.45) is 5.92 Å². The van der Waals surface area contributed by atoms with Crippen molar-refractivity contribution in [3.05, 3.63) is 54.1 Å². The van der Waals surface area contributed by atoms with Gasteiger partial charge in [0.1, 0.15) is 0 Å². The van der Waals surface area contributed by atoms with Gasteiger partial charge in [0.2, 0.25) is 0 Å². The van der Waals surface area contributed by atoms with E-state index in [1.54, 1.807) is 0 Å². The Labute approximate surface area is 84.4 Å². The maximum absolute atomic E-state index is 9.55. The second-order valence-electron chi connectivity index (χ2n) is 3.58. The highest BCUT2D eigenvalue weighted by Crippen LogP contribution is 2.20. The molecule has 0 aliphatic heterocycles. The molecule has 0 spiro atoms. The molecule has 0 amide bonds. The van der Waals surface area contributed by atoms with Crippen LogP contribution in [0.15, 0.2) is 48.6 Å². The predicted octanol–water partition coefficient (Wildman–Crippen LogP) is 2.64. The maximum Gasteiger partial charge on any atom is 0.0671 e. The van der Waals surface area contributed by atoms with Gasteiger partial charge in [0.15, 0.2) is 0 Å². The van der Waals surface area contributed by atoms with Gasteiger partial charge < -0.3 is 5.11 Å². The molecule has 14 heavy (non-hydrogen) atoms. The Balaban J connectivity index is 2.04. The second kappa shape index (κ2) is 4.25. The molecular formula is C13H14O. The molecule has 0 fully saturated rings. The van der Waals surface area contributed by atoms with E-state index in [1.807, 2.05) is 24.3 Å². The quantitative estimate of drug-likeness (QED) is 0.704. The van der Waals surface area contributed by atoms with Crippen molar-refractivity contribution in [3.63, 3.8) is 0 Å². The van der Waals surface area contributed by atoms with Gasteiger partial charge in [-0.25, -0.2) is 0 Å². The average Bonchev–Trinajstić information content (AvgIpc) is 2.63. The van der Waals surface area contributed by atoms with Gasteiger partial charge in [-0.3, -0.25) is 0 Å². The van der Waals surface area contributed by atoms with E-state index in [9.17, 15) is 5.11 Å². The first-order chi connectivity index (χ1) is 6.86. The number of hydrogen-bond donors (Lipinski definition) is 1. The lowest BCUT2D eigenvalue weighted by molar-refractivity contribution is 0.162. The SMILES string of the molecule is OC1CC=CC1/C=C/c1ccccc1. The number of rotatable bonds is 2. The molecule has 0 saturated carbocycles. The molecular weight excluding hydrogens is 172 g/mol. The molecule has 1 aromatic carbocycles. The highest BCUT2D eigenvalue weighted by molar-refractivity contribution is 5.49. The lowest BCUT2D eigenvalue weighted by Crippen LogP contribution is -2.10. The van der Waals surface area contributed by atoms with Crippen LogP contribution in [-0.2, 0) is 0 Å². The minimum atomic E-state index is -0.227. The first kappa shape index (κ1) is 9.22. The number of benzene rings is 1. The molecule has 0 saturated heterocycles. The standard InChI is InChI=1S/C13H14O/c14-13-8-4-7-12(13)10-9-11-5-2-1-3-6-11/h1-7,9-10,12-14H,8H2/b10-9+. The van der Waals surface area contributed by atoms with Gasteiger partial charge in [-0.1, -0.05) is 54.6 Å². The van der Waals surface area contributed by atoms with Gasteiger partial charge in [0, 0.05) is 5.92 Å². The lowest BCUT2D eigenvalue weighted by Gasteiger charge is -2.07. The van der Waals surface area contributed by atoms with E-state index in [2.05, 4.69) is 30.4 Å². The normalized spacial score (nSPS) is 26.1. The summed E-state index contributed by atoms with van der Waals surface area (Å²) in [6.45, 7) is 0. The Bertz CT molecular complexity index is 338. The Morgan fingerprint density at radius 2 is 2.00 bits per heavy atom. The van der Waals surface area contributed by atoms with Crippen molar-refractivity contribution in [1.29, 1.82) is 0 Å². The van der Waals surface area contributed by atoms with Crippen LogP contribution < -0.4 is 0 Å². The molecule has 0 aromatic heterocycles. The van der Waals surface area contributed by atoms with Crippen molar-refractivity contribution in [2.45, 2.75) is 12.5 Å². The minimum Gasteiger partial charge on any atom is -0.392 e. The maximum atomic E-state index is 9.55. The van der Waals surface area contributed by atoms with E-state index in [1.165, 1.54) is 5.56 Å². The van der Waals surface area contributed by atoms with Crippen molar-refractivity contribution >= 4 is 6.08 Å². The Kier molecular flexibility index (Phi) is 2.80. The van der Waals surface area contributed by atoms with E-state index < -0.39 is 0 Å². The van der Waals surface area contributed by atoms with Gasteiger partial charge in [-0.2, -0.15) is 0 Å². The second-order valence-corrected chi connectivity index (χ2v) is 3.58. The van der Waals surface area contributed by atoms with Crippen molar-refractivity contribution in [2.75, 3.05) is 0 Å². The largest absolute Gasteiger partial charge is 0.392 e. The van der Waals surface area contributed by atoms with Crippen LogP contribution in [0.1, 0.15) is 12.0 Å². The van der Waals surface area contributed by atoms with Gasteiger partial charge in [-0.05, 0) is 12.0 Å². The topological polar surface area (TPSA) is 20.2 Å². The smallest absolute Gasteiger partial charge is 0.0671 e. The van der Waals surface area contributed by atoms with Gasteiger partial charge in [0.05, 0.1) is 6.10 Å². The van der Waals surface area contributed by atoms with E-state index in [0.29, 0.717) is 0 Å². The highest BCUT2D eigenvalue weighted by atomic mass is 16.3. The summed E-state index contributed by atoms with van der Waals surface area (Å²) in [7, 11) is 0. The Hall–Kier alpha value is -1.34. The Morgan fingerprint density at radius 3 is 2.64 bits per heavy atom. The van der Waals surface area contributed by atoms with E-state index >= 15 is 0 Å². The zero-order chi connectivity index (χ0) is 9.80. The van der Waals surface area contributed by atoms with Crippen LogP contribution in [0.3, 0.4) is 0 Å². The third kappa shape index (κ3) is 2.12. The number of aliphatic hydroxyl groups is 1. The van der Waals surface area contributed by atoms with Crippen LogP contribution in [0.5, 0.6) is 0 Å². The molecule has 2 atom stereocenters. The Morgan fingerprint density at radius 1 is 1.21 bits per heavy atom. The highest BCUT2D eigenvalue weighted by Gasteiger charge is 2.16. The molecule has 2 unspecified atom stereocenters. The average molecular weight is 186 g/mol. The first-order valence-electron chi connectivity index (χ1n) is 4.94. The molecule has 1 heteroatoms. The van der Waals surface area contributed by atoms with E-state index in [4.69, 9.17) is 0 Å². The summed E-state index contributed by atoms with van der Waals surface area (Å²) < 4.78 is 0. The van der Waals surface area contributed by atoms with E-state index in [0.717, 1.165) is 6.42 Å². The summed E-state index contributed by atoms with van der Waals surface area (Å²) in [5, 5.41) is 9.55. The summed E-state index contributed by atoms with van der Waals surface area (Å²) in [6.07, 6.45) is 8.76. The summed E-state index contributed by atoms with van der Waals surface area (Å²) in [5.41, 5.74) is 1.18. The predicted molar refractivity (Wildman–Crippen MR) is 58.7 cm³/mol. The summed E-state index contributed by atoms with van der Waals surface area (Å²) in [4.78, 5) is 0. The van der Waals surface area contributed by atoms with Gasteiger partial charge in [-0.15, -0.1) is 0 Å². The minimum absolute atomic E-state index is 0.190. The molecule has 72 valence electrons. The van der Waals surface area contributed by atoms with Crippen LogP contribution in [0.4, 0.5) is 0 Å². The molecule has 1 nitrogen and oxygen atoms in total. The van der Waals surface area contributed by atoms with Gasteiger partial charge in [0.25, 0.3) is 0 Å². The van der Waals surface area contributed by atoms with Crippen molar-refractivity contribution in [1.82, 2.24) is 0 Å². The summed E-state index contributed by atoms with van der Waals surface area (Å²) >= 11 is 0. The third-order valence-electron chi connectivity index (χ3n) is 2.49. The van der Waals surface area contributed by atoms with Crippen molar-refractivity contribution in [3.8, 4) is 0 Å². The van der Waals surface area contributed by atoms with Crippen LogP contribution in [0.2, 0.25) is 0 Å². The zero-order valence-electron chi connectivity index (χ0n) is 8.01. The summed E-state index contributed by atoms with van der Waals surface area (Å²) in [5.74, 6) is 0.190. The molecule has 1 aliphatic carbocycles. The third-order valence-corrected chi connectivity index (χ3v) is 2.49. The first-order valence-corrected chi connectivity index (χ1v) is 4.94. The molecule has 0 heterocycles. The van der Waals surface area contributed by atoms with Crippen LogP contribution in [0.25, 0.3) is 6.08 Å². The van der Waals surface area contributed by atoms with E-state index in [-0.39, 0.29) is 12.0 Å². The molecule has 0 radical (unpaired) electrons. The fourth-order valence-electron chi connectivity index (χ4n) is 1.64. The van der Waals surface area contributed by atoms with Crippen LogP contribution in [-0.4, -0.2) is 11.2 Å². The number of hydrogen-bond acceptors (Lipinski definition) is 1. The lowest BCUT2D eigenvalue weighted by atomic mass is 10.0. The fourth-order valence-corrected chi connectivity index (χ4v) is 1.64. The summed E-state index contributed by atoms with van der Waals surface area (Å²) in [6, 6.07) is 10.1. The number of aliphatic hydroxyl groups excluding tert-OH is 1. The zero-order valence-corrected chi connectivity index (χ0v) is 8.01. The molecule has 2 rings (SSSR count). The van der Waals surface area contributed by atoms with Crippen molar-refractivity contribution < 1.29 is 5.11 Å². The fraction of sp³-hybridized carbons (Fsp3) is 0.231.